The van der Waals surface area contributed by atoms with Crippen molar-refractivity contribution in [2.24, 2.45) is 11.8 Å². The molecule has 0 N–H and O–H groups in total. The van der Waals surface area contributed by atoms with Crippen LogP contribution in [0.15, 0.2) is 0 Å². The van der Waals surface area contributed by atoms with Crippen molar-refractivity contribution in [3.63, 3.8) is 0 Å². The molecule has 0 heterocycles. The first-order valence-electron chi connectivity index (χ1n) is 20.8. The fourth-order valence-corrected chi connectivity index (χ4v) is 6.01. The van der Waals surface area contributed by atoms with Crippen LogP contribution in [0.3, 0.4) is 0 Å². The Balaban J connectivity index is 4.21. The molecule has 0 spiro atoms. The Labute approximate surface area is 298 Å². The van der Waals surface area contributed by atoms with Crippen LogP contribution in [0.4, 0.5) is 0 Å². The summed E-state index contributed by atoms with van der Waals surface area (Å²) >= 11 is 0. The third-order valence-corrected chi connectivity index (χ3v) is 9.58. The molecule has 0 radical (unpaired) electrons. The van der Waals surface area contributed by atoms with Gasteiger partial charge in [-0.2, -0.15) is 0 Å². The summed E-state index contributed by atoms with van der Waals surface area (Å²) in [5.41, 5.74) is 0. The highest BCUT2D eigenvalue weighted by molar-refractivity contribution is 5.71. The molecule has 6 nitrogen and oxygen atoms in total. The van der Waals surface area contributed by atoms with Crippen molar-refractivity contribution >= 4 is 17.9 Å². The zero-order valence-electron chi connectivity index (χ0n) is 32.6. The van der Waals surface area contributed by atoms with Crippen LogP contribution in [0.1, 0.15) is 221 Å². The smallest absolute Gasteiger partial charge is 0.306 e. The first-order valence-corrected chi connectivity index (χ1v) is 20.8. The lowest BCUT2D eigenvalue weighted by molar-refractivity contribution is -0.167. The minimum absolute atomic E-state index is 0.0672. The second kappa shape index (κ2) is 35.2. The van der Waals surface area contributed by atoms with Crippen molar-refractivity contribution in [2.45, 2.75) is 227 Å². The average molecular weight is 681 g/mol. The Morgan fingerprint density at radius 2 is 0.792 bits per heavy atom. The molecule has 1 unspecified atom stereocenters. The number of hydrogen-bond donors (Lipinski definition) is 0. The van der Waals surface area contributed by atoms with E-state index in [-0.39, 0.29) is 31.1 Å². The first kappa shape index (κ1) is 46.4. The van der Waals surface area contributed by atoms with Crippen LogP contribution >= 0.6 is 0 Å². The number of rotatable bonds is 36. The number of carbonyl (C=O) groups excluding carboxylic acids is 3. The van der Waals surface area contributed by atoms with Crippen molar-refractivity contribution in [3.05, 3.63) is 0 Å². The summed E-state index contributed by atoms with van der Waals surface area (Å²) in [7, 11) is 0. The SMILES string of the molecule is CCCCCCCC(=O)O[C@H](COC(=O)CCCCCCCCCCCCC(C)C)COC(=O)CCCCCCCCCCC(C)CC. The Hall–Kier alpha value is -1.59. The van der Waals surface area contributed by atoms with Crippen molar-refractivity contribution in [1.29, 1.82) is 0 Å². The van der Waals surface area contributed by atoms with E-state index in [2.05, 4.69) is 34.6 Å². The summed E-state index contributed by atoms with van der Waals surface area (Å²) in [4.78, 5) is 37.3. The molecule has 0 aromatic heterocycles. The molecule has 0 aromatic carbocycles. The minimum atomic E-state index is -0.758. The molecule has 0 amide bonds. The minimum Gasteiger partial charge on any atom is -0.462 e. The monoisotopic (exact) mass is 681 g/mol. The second-order valence-electron chi connectivity index (χ2n) is 15.0. The third-order valence-electron chi connectivity index (χ3n) is 9.58. The molecule has 0 bridgehead atoms. The third kappa shape index (κ3) is 34.3. The van der Waals surface area contributed by atoms with E-state index in [0.29, 0.717) is 19.3 Å². The largest absolute Gasteiger partial charge is 0.462 e. The Kier molecular flexibility index (Phi) is 34.1. The molecule has 2 atom stereocenters. The highest BCUT2D eigenvalue weighted by Gasteiger charge is 2.19. The summed E-state index contributed by atoms with van der Waals surface area (Å²) in [6, 6.07) is 0. The van der Waals surface area contributed by atoms with Crippen molar-refractivity contribution in [1.82, 2.24) is 0 Å². The highest BCUT2D eigenvalue weighted by Crippen LogP contribution is 2.16. The van der Waals surface area contributed by atoms with Gasteiger partial charge in [-0.15, -0.1) is 0 Å². The van der Waals surface area contributed by atoms with E-state index in [1.165, 1.54) is 103 Å². The van der Waals surface area contributed by atoms with Crippen LogP contribution in [0, 0.1) is 11.8 Å². The second-order valence-corrected chi connectivity index (χ2v) is 15.0. The molecule has 0 saturated carbocycles. The number of hydrogen-bond acceptors (Lipinski definition) is 6. The quantitative estimate of drug-likeness (QED) is 0.0372. The molecule has 284 valence electrons. The van der Waals surface area contributed by atoms with E-state index in [0.717, 1.165) is 76.0 Å². The number of esters is 3. The maximum absolute atomic E-state index is 12.5. The molecule has 6 heteroatoms. The average Bonchev–Trinajstić information content (AvgIpc) is 3.06. The lowest BCUT2D eigenvalue weighted by atomic mass is 9.99. The zero-order valence-corrected chi connectivity index (χ0v) is 32.6. The molecule has 0 rings (SSSR count). The normalized spacial score (nSPS) is 12.6. The van der Waals surface area contributed by atoms with E-state index in [4.69, 9.17) is 14.2 Å². The van der Waals surface area contributed by atoms with Gasteiger partial charge in [-0.1, -0.05) is 182 Å². The van der Waals surface area contributed by atoms with Gasteiger partial charge in [0.05, 0.1) is 0 Å². The van der Waals surface area contributed by atoms with Gasteiger partial charge in [0.25, 0.3) is 0 Å². The number of unbranched alkanes of at least 4 members (excludes halogenated alkanes) is 20. The molecule has 0 fully saturated rings. The molecule has 48 heavy (non-hydrogen) atoms. The van der Waals surface area contributed by atoms with E-state index >= 15 is 0 Å². The molecule has 0 aliphatic rings. The molecular formula is C42H80O6. The fraction of sp³-hybridized carbons (Fsp3) is 0.929. The van der Waals surface area contributed by atoms with Crippen molar-refractivity contribution in [3.8, 4) is 0 Å². The lowest BCUT2D eigenvalue weighted by Crippen LogP contribution is -2.30. The van der Waals surface area contributed by atoms with E-state index in [1.807, 2.05) is 0 Å². The highest BCUT2D eigenvalue weighted by atomic mass is 16.6. The molecule has 0 saturated heterocycles. The lowest BCUT2D eigenvalue weighted by Gasteiger charge is -2.18. The summed E-state index contributed by atoms with van der Waals surface area (Å²) in [6.45, 7) is 11.2. The summed E-state index contributed by atoms with van der Waals surface area (Å²) < 4.78 is 16.5. The van der Waals surface area contributed by atoms with Gasteiger partial charge >= 0.3 is 17.9 Å². The molecule has 0 aromatic rings. The maximum Gasteiger partial charge on any atom is 0.306 e. The maximum atomic E-state index is 12.5. The summed E-state index contributed by atoms with van der Waals surface area (Å²) in [5, 5.41) is 0. The van der Waals surface area contributed by atoms with Gasteiger partial charge in [0.15, 0.2) is 6.10 Å². The zero-order chi connectivity index (χ0) is 35.5. The molecular weight excluding hydrogens is 600 g/mol. The van der Waals surface area contributed by atoms with Gasteiger partial charge < -0.3 is 14.2 Å². The van der Waals surface area contributed by atoms with Crippen LogP contribution in [-0.2, 0) is 28.6 Å². The van der Waals surface area contributed by atoms with Gasteiger partial charge in [0, 0.05) is 19.3 Å². The van der Waals surface area contributed by atoms with E-state index in [9.17, 15) is 14.4 Å². The Morgan fingerprint density at radius 1 is 0.438 bits per heavy atom. The topological polar surface area (TPSA) is 78.9 Å². The van der Waals surface area contributed by atoms with Crippen molar-refractivity contribution in [2.75, 3.05) is 13.2 Å². The van der Waals surface area contributed by atoms with Crippen LogP contribution in [0.25, 0.3) is 0 Å². The number of ether oxygens (including phenoxy) is 3. The van der Waals surface area contributed by atoms with E-state index in [1.54, 1.807) is 0 Å². The van der Waals surface area contributed by atoms with Crippen LogP contribution in [0.5, 0.6) is 0 Å². The molecule has 0 aliphatic heterocycles. The van der Waals surface area contributed by atoms with Crippen LogP contribution in [0.2, 0.25) is 0 Å². The number of carbonyl (C=O) groups is 3. The first-order chi connectivity index (χ1) is 23.3. The predicted molar refractivity (Wildman–Crippen MR) is 201 cm³/mol. The Bertz CT molecular complexity index is 736. The van der Waals surface area contributed by atoms with Crippen LogP contribution < -0.4 is 0 Å². The van der Waals surface area contributed by atoms with Gasteiger partial charge in [-0.25, -0.2) is 0 Å². The van der Waals surface area contributed by atoms with Crippen molar-refractivity contribution < 1.29 is 28.6 Å². The van der Waals surface area contributed by atoms with Gasteiger partial charge in [0.2, 0.25) is 0 Å². The fourth-order valence-electron chi connectivity index (χ4n) is 6.01. The Morgan fingerprint density at radius 3 is 1.19 bits per heavy atom. The summed E-state index contributed by atoms with van der Waals surface area (Å²) in [5.74, 6) is 0.788. The predicted octanol–water partition coefficient (Wildman–Crippen LogP) is 12.6. The van der Waals surface area contributed by atoms with Crippen LogP contribution in [-0.4, -0.2) is 37.2 Å². The van der Waals surface area contributed by atoms with Gasteiger partial charge in [0.1, 0.15) is 13.2 Å². The molecule has 0 aliphatic carbocycles. The summed E-state index contributed by atoms with van der Waals surface area (Å²) in [6.07, 6.45) is 31.1. The standard InChI is InChI=1S/C42H80O6/c1-6-8-9-20-29-34-42(45)48-39(36-47-41(44)33-28-24-19-15-14-17-22-26-31-38(5)7-2)35-46-40(43)32-27-23-18-13-11-10-12-16-21-25-30-37(3)4/h37-39H,6-36H2,1-5H3/t38?,39-/m1/s1. The van der Waals surface area contributed by atoms with Gasteiger partial charge in [-0.3, -0.25) is 14.4 Å². The van der Waals surface area contributed by atoms with Gasteiger partial charge in [-0.05, 0) is 31.1 Å². The van der Waals surface area contributed by atoms with E-state index < -0.39 is 6.10 Å².